The van der Waals surface area contributed by atoms with Gasteiger partial charge in [-0.1, -0.05) is 25.5 Å². The number of Topliss-reactive ketones (excluding diaryl/α,β-unsaturated/α-hetero) is 1. The first-order chi connectivity index (χ1) is 6.68. The third-order valence-electron chi connectivity index (χ3n) is 3.57. The van der Waals surface area contributed by atoms with E-state index in [0.29, 0.717) is 23.5 Å². The van der Waals surface area contributed by atoms with E-state index in [9.17, 15) is 4.79 Å². The van der Waals surface area contributed by atoms with Crippen molar-refractivity contribution in [2.24, 2.45) is 17.8 Å². The van der Waals surface area contributed by atoms with Crippen LogP contribution in [0.1, 0.15) is 46.0 Å². The van der Waals surface area contributed by atoms with Crippen LogP contribution < -0.4 is 0 Å². The Morgan fingerprint density at radius 2 is 2.00 bits per heavy atom. The van der Waals surface area contributed by atoms with E-state index in [1.54, 1.807) is 5.57 Å². The standard InChI is InChI=1S/C13H20O/c1-9(2)10-3-5-11(6-4-10)13(14)12-7-8-12/h3,9,11-12H,4-8H2,1-2H3. The van der Waals surface area contributed by atoms with Gasteiger partial charge in [0.25, 0.3) is 0 Å². The SMILES string of the molecule is CC(C)C1=CCC(C(=O)C2CC2)CC1. The lowest BCUT2D eigenvalue weighted by atomic mass is 9.82. The van der Waals surface area contributed by atoms with Crippen molar-refractivity contribution in [2.45, 2.75) is 46.0 Å². The highest BCUT2D eigenvalue weighted by Crippen LogP contribution is 2.37. The minimum Gasteiger partial charge on any atom is -0.299 e. The Morgan fingerprint density at radius 3 is 2.43 bits per heavy atom. The summed E-state index contributed by atoms with van der Waals surface area (Å²) < 4.78 is 0. The minimum absolute atomic E-state index is 0.366. The Bertz CT molecular complexity index is 258. The number of carbonyl (C=O) groups is 1. The zero-order valence-corrected chi connectivity index (χ0v) is 9.25. The maximum Gasteiger partial charge on any atom is 0.139 e. The molecule has 1 heteroatoms. The van der Waals surface area contributed by atoms with E-state index in [1.165, 1.54) is 0 Å². The molecule has 1 saturated carbocycles. The number of hydrogen-bond acceptors (Lipinski definition) is 1. The van der Waals surface area contributed by atoms with E-state index in [-0.39, 0.29) is 0 Å². The van der Waals surface area contributed by atoms with Gasteiger partial charge in [0.1, 0.15) is 5.78 Å². The van der Waals surface area contributed by atoms with Crippen molar-refractivity contribution in [3.63, 3.8) is 0 Å². The summed E-state index contributed by atoms with van der Waals surface area (Å²) in [6.45, 7) is 4.49. The number of rotatable bonds is 3. The third kappa shape index (κ3) is 2.08. The largest absolute Gasteiger partial charge is 0.299 e. The lowest BCUT2D eigenvalue weighted by Crippen LogP contribution is -2.19. The Labute approximate surface area is 86.6 Å². The van der Waals surface area contributed by atoms with Gasteiger partial charge in [0.2, 0.25) is 0 Å². The molecular weight excluding hydrogens is 172 g/mol. The summed E-state index contributed by atoms with van der Waals surface area (Å²) in [4.78, 5) is 11.8. The third-order valence-corrected chi connectivity index (χ3v) is 3.57. The van der Waals surface area contributed by atoms with Crippen molar-refractivity contribution in [1.82, 2.24) is 0 Å². The van der Waals surface area contributed by atoms with Crippen molar-refractivity contribution in [3.05, 3.63) is 11.6 Å². The zero-order valence-electron chi connectivity index (χ0n) is 9.25. The second kappa shape index (κ2) is 3.88. The van der Waals surface area contributed by atoms with Gasteiger partial charge in [-0.15, -0.1) is 0 Å². The van der Waals surface area contributed by atoms with Crippen LogP contribution in [0.4, 0.5) is 0 Å². The molecule has 0 aromatic heterocycles. The summed E-state index contributed by atoms with van der Waals surface area (Å²) in [6.07, 6.45) is 7.92. The second-order valence-corrected chi connectivity index (χ2v) is 5.08. The van der Waals surface area contributed by atoms with Crippen molar-refractivity contribution >= 4 is 5.78 Å². The molecule has 14 heavy (non-hydrogen) atoms. The predicted octanol–water partition coefficient (Wildman–Crippen LogP) is 3.35. The Hall–Kier alpha value is -0.590. The molecule has 0 aliphatic heterocycles. The second-order valence-electron chi connectivity index (χ2n) is 5.08. The van der Waals surface area contributed by atoms with Crippen LogP contribution >= 0.6 is 0 Å². The molecule has 0 bridgehead atoms. The van der Waals surface area contributed by atoms with Crippen LogP contribution in [0.3, 0.4) is 0 Å². The van der Waals surface area contributed by atoms with Gasteiger partial charge >= 0.3 is 0 Å². The van der Waals surface area contributed by atoms with E-state index in [2.05, 4.69) is 19.9 Å². The maximum absolute atomic E-state index is 11.8. The van der Waals surface area contributed by atoms with Crippen LogP contribution in [0.2, 0.25) is 0 Å². The summed E-state index contributed by atoms with van der Waals surface area (Å²) in [6, 6.07) is 0. The molecule has 0 aromatic rings. The summed E-state index contributed by atoms with van der Waals surface area (Å²) >= 11 is 0. The van der Waals surface area contributed by atoms with E-state index in [0.717, 1.165) is 32.1 Å². The highest BCUT2D eigenvalue weighted by Gasteiger charge is 2.34. The van der Waals surface area contributed by atoms with E-state index < -0.39 is 0 Å². The Kier molecular flexibility index (Phi) is 2.76. The molecule has 78 valence electrons. The molecule has 1 nitrogen and oxygen atoms in total. The van der Waals surface area contributed by atoms with Crippen molar-refractivity contribution in [2.75, 3.05) is 0 Å². The molecule has 1 atom stereocenters. The summed E-state index contributed by atoms with van der Waals surface area (Å²) in [7, 11) is 0. The normalized spacial score (nSPS) is 27.6. The molecule has 2 rings (SSSR count). The fourth-order valence-electron chi connectivity index (χ4n) is 2.34. The van der Waals surface area contributed by atoms with Crippen LogP contribution in [-0.2, 0) is 4.79 Å². The fourth-order valence-corrected chi connectivity index (χ4v) is 2.34. The van der Waals surface area contributed by atoms with E-state index in [1.807, 2.05) is 0 Å². The smallest absolute Gasteiger partial charge is 0.139 e. The number of ketones is 1. The van der Waals surface area contributed by atoms with Crippen LogP contribution in [0, 0.1) is 17.8 Å². The van der Waals surface area contributed by atoms with Gasteiger partial charge < -0.3 is 0 Å². The number of carbonyl (C=O) groups excluding carboxylic acids is 1. The highest BCUT2D eigenvalue weighted by atomic mass is 16.1. The van der Waals surface area contributed by atoms with Gasteiger partial charge in [-0.2, -0.15) is 0 Å². The Balaban J connectivity index is 1.91. The number of allylic oxidation sites excluding steroid dienone is 2. The van der Waals surface area contributed by atoms with E-state index in [4.69, 9.17) is 0 Å². The lowest BCUT2D eigenvalue weighted by molar-refractivity contribution is -0.124. The zero-order chi connectivity index (χ0) is 10.1. The van der Waals surface area contributed by atoms with E-state index >= 15 is 0 Å². The summed E-state index contributed by atoms with van der Waals surface area (Å²) in [5, 5.41) is 0. The molecule has 2 aliphatic rings. The molecule has 1 fully saturated rings. The summed E-state index contributed by atoms with van der Waals surface area (Å²) in [5.74, 6) is 2.05. The number of hydrogen-bond donors (Lipinski definition) is 0. The van der Waals surface area contributed by atoms with Gasteiger partial charge in [-0.05, 0) is 38.0 Å². The highest BCUT2D eigenvalue weighted by molar-refractivity contribution is 5.85. The summed E-state index contributed by atoms with van der Waals surface area (Å²) in [5.41, 5.74) is 1.56. The quantitative estimate of drug-likeness (QED) is 0.627. The molecule has 2 aliphatic carbocycles. The monoisotopic (exact) mass is 192 g/mol. The molecule has 0 amide bonds. The molecule has 0 N–H and O–H groups in total. The average Bonchev–Trinajstić information content (AvgIpc) is 3.00. The first-order valence-electron chi connectivity index (χ1n) is 5.91. The molecule has 1 unspecified atom stereocenters. The van der Waals surface area contributed by atoms with Crippen molar-refractivity contribution in [1.29, 1.82) is 0 Å². The molecule has 0 spiro atoms. The van der Waals surface area contributed by atoms with Gasteiger partial charge in [0.15, 0.2) is 0 Å². The first kappa shape index (κ1) is 9.95. The average molecular weight is 192 g/mol. The van der Waals surface area contributed by atoms with Crippen molar-refractivity contribution in [3.8, 4) is 0 Å². The predicted molar refractivity (Wildman–Crippen MR) is 58.0 cm³/mol. The van der Waals surface area contributed by atoms with Crippen LogP contribution in [0.25, 0.3) is 0 Å². The molecule has 0 radical (unpaired) electrons. The topological polar surface area (TPSA) is 17.1 Å². The molecule has 0 saturated heterocycles. The van der Waals surface area contributed by atoms with Gasteiger partial charge in [-0.25, -0.2) is 0 Å². The fraction of sp³-hybridized carbons (Fsp3) is 0.769. The van der Waals surface area contributed by atoms with Crippen LogP contribution in [0.5, 0.6) is 0 Å². The minimum atomic E-state index is 0.366. The first-order valence-corrected chi connectivity index (χ1v) is 5.91. The lowest BCUT2D eigenvalue weighted by Gasteiger charge is -2.22. The molecule has 0 aromatic carbocycles. The van der Waals surface area contributed by atoms with Gasteiger partial charge in [0, 0.05) is 11.8 Å². The maximum atomic E-state index is 11.8. The van der Waals surface area contributed by atoms with Gasteiger partial charge in [-0.3, -0.25) is 4.79 Å². The van der Waals surface area contributed by atoms with Crippen LogP contribution in [0.15, 0.2) is 11.6 Å². The van der Waals surface area contributed by atoms with Crippen LogP contribution in [-0.4, -0.2) is 5.78 Å². The molecule has 0 heterocycles. The molecular formula is C13H20O. The Morgan fingerprint density at radius 1 is 1.29 bits per heavy atom. The van der Waals surface area contributed by atoms with Gasteiger partial charge in [0.05, 0.1) is 0 Å². The van der Waals surface area contributed by atoms with Crippen molar-refractivity contribution < 1.29 is 4.79 Å².